The van der Waals surface area contributed by atoms with E-state index in [-0.39, 0.29) is 6.10 Å². The van der Waals surface area contributed by atoms with Gasteiger partial charge in [0.15, 0.2) is 0 Å². The molecule has 0 bridgehead atoms. The van der Waals surface area contributed by atoms with E-state index < -0.39 is 0 Å². The van der Waals surface area contributed by atoms with Crippen molar-refractivity contribution in [2.75, 3.05) is 38.2 Å². The Balaban J connectivity index is 1.96. The van der Waals surface area contributed by atoms with E-state index in [9.17, 15) is 0 Å². The van der Waals surface area contributed by atoms with Gasteiger partial charge in [-0.3, -0.25) is 0 Å². The fourth-order valence-electron chi connectivity index (χ4n) is 1.79. The maximum absolute atomic E-state index is 5.66. The van der Waals surface area contributed by atoms with Gasteiger partial charge in [-0.1, -0.05) is 0 Å². The average Bonchev–Trinajstić information content (AvgIpc) is 2.31. The van der Waals surface area contributed by atoms with E-state index in [1.165, 1.54) is 0 Å². The number of nitrogens with one attached hydrogen (secondary N) is 1. The molecule has 1 aliphatic heterocycles. The quantitative estimate of drug-likeness (QED) is 0.908. The highest BCUT2D eigenvalue weighted by Gasteiger charge is 2.17. The number of rotatable bonds is 3. The summed E-state index contributed by atoms with van der Waals surface area (Å²) in [6.45, 7) is 3.51. The minimum Gasteiger partial charge on any atom is -0.374 e. The smallest absolute Gasteiger partial charge is 0.142 e. The monoisotopic (exact) mass is 285 g/mol. The van der Waals surface area contributed by atoms with Gasteiger partial charge in [0.25, 0.3) is 0 Å². The zero-order valence-corrected chi connectivity index (χ0v) is 10.9. The van der Waals surface area contributed by atoms with Gasteiger partial charge in [-0.05, 0) is 28.1 Å². The third kappa shape index (κ3) is 2.93. The maximum Gasteiger partial charge on any atom is 0.142 e. The van der Waals surface area contributed by atoms with E-state index in [2.05, 4.69) is 31.1 Å². The number of hydrogen-bond acceptors (Lipinski definition) is 4. The number of hydrogen-bond donors (Lipinski definition) is 1. The summed E-state index contributed by atoms with van der Waals surface area (Å²) in [5.74, 6) is 0.955. The van der Waals surface area contributed by atoms with Crippen molar-refractivity contribution in [3.05, 3.63) is 22.8 Å². The van der Waals surface area contributed by atoms with Gasteiger partial charge in [0, 0.05) is 32.9 Å². The van der Waals surface area contributed by atoms with Gasteiger partial charge < -0.3 is 15.0 Å². The molecule has 1 unspecified atom stereocenters. The van der Waals surface area contributed by atoms with Crippen LogP contribution in [-0.2, 0) is 4.74 Å². The van der Waals surface area contributed by atoms with Crippen LogP contribution in [0.25, 0.3) is 0 Å². The van der Waals surface area contributed by atoms with Crippen molar-refractivity contribution in [2.24, 2.45) is 0 Å². The number of aromatic nitrogens is 1. The molecule has 0 aromatic carbocycles. The van der Waals surface area contributed by atoms with Gasteiger partial charge in [-0.15, -0.1) is 0 Å². The third-order valence-corrected chi connectivity index (χ3v) is 3.20. The highest BCUT2D eigenvalue weighted by Crippen LogP contribution is 2.22. The van der Waals surface area contributed by atoms with Crippen LogP contribution in [0.5, 0.6) is 0 Å². The molecule has 88 valence electrons. The fourth-order valence-corrected chi connectivity index (χ4v) is 2.34. The molecule has 0 saturated carbocycles. The number of anilines is 1. The summed E-state index contributed by atoms with van der Waals surface area (Å²) in [7, 11) is 2.03. The molecule has 4 nitrogen and oxygen atoms in total. The first-order valence-corrected chi connectivity index (χ1v) is 6.20. The van der Waals surface area contributed by atoms with Gasteiger partial charge in [0.05, 0.1) is 17.2 Å². The molecule has 2 heterocycles. The Morgan fingerprint density at radius 2 is 2.56 bits per heavy atom. The summed E-state index contributed by atoms with van der Waals surface area (Å²) in [5, 5.41) is 3.32. The van der Waals surface area contributed by atoms with Crippen LogP contribution < -0.4 is 10.2 Å². The zero-order chi connectivity index (χ0) is 11.4. The van der Waals surface area contributed by atoms with Gasteiger partial charge in [-0.2, -0.15) is 0 Å². The Morgan fingerprint density at radius 3 is 3.25 bits per heavy atom. The van der Waals surface area contributed by atoms with Gasteiger partial charge >= 0.3 is 0 Å². The molecule has 0 aliphatic carbocycles. The van der Waals surface area contributed by atoms with E-state index in [1.807, 2.05) is 19.2 Å². The Morgan fingerprint density at radius 1 is 1.69 bits per heavy atom. The van der Waals surface area contributed by atoms with Gasteiger partial charge in [0.2, 0.25) is 0 Å². The molecule has 16 heavy (non-hydrogen) atoms. The Labute approximate surface area is 104 Å². The molecule has 1 aromatic heterocycles. The number of pyridine rings is 1. The van der Waals surface area contributed by atoms with Crippen molar-refractivity contribution in [3.63, 3.8) is 0 Å². The fraction of sp³-hybridized carbons (Fsp3) is 0.545. The second kappa shape index (κ2) is 5.61. The van der Waals surface area contributed by atoms with Crippen LogP contribution in [0.4, 0.5) is 5.82 Å². The first kappa shape index (κ1) is 11.8. The number of ether oxygens (including phenoxy) is 1. The third-order valence-electron chi connectivity index (χ3n) is 2.58. The summed E-state index contributed by atoms with van der Waals surface area (Å²) in [4.78, 5) is 6.46. The van der Waals surface area contributed by atoms with Crippen LogP contribution in [0.2, 0.25) is 0 Å². The van der Waals surface area contributed by atoms with E-state index >= 15 is 0 Å². The molecule has 0 radical (unpaired) electrons. The molecule has 0 amide bonds. The molecule has 1 N–H and O–H groups in total. The molecular formula is C11H16BrN3O. The normalized spacial score (nSPS) is 20.8. The second-order valence-corrected chi connectivity index (χ2v) is 4.74. The maximum atomic E-state index is 5.66. The van der Waals surface area contributed by atoms with Crippen LogP contribution in [0.15, 0.2) is 22.8 Å². The molecule has 1 aromatic rings. The molecule has 0 spiro atoms. The molecule has 1 saturated heterocycles. The topological polar surface area (TPSA) is 37.4 Å². The number of halogens is 1. The van der Waals surface area contributed by atoms with Crippen molar-refractivity contribution in [1.82, 2.24) is 10.3 Å². The largest absolute Gasteiger partial charge is 0.374 e. The summed E-state index contributed by atoms with van der Waals surface area (Å²) in [6, 6.07) is 3.92. The van der Waals surface area contributed by atoms with Crippen molar-refractivity contribution in [2.45, 2.75) is 6.10 Å². The molecule has 1 fully saturated rings. The lowest BCUT2D eigenvalue weighted by atomic mass is 10.3. The molecular weight excluding hydrogens is 270 g/mol. The Hall–Kier alpha value is -0.650. The zero-order valence-electron chi connectivity index (χ0n) is 9.32. The highest BCUT2D eigenvalue weighted by molar-refractivity contribution is 9.10. The summed E-state index contributed by atoms with van der Waals surface area (Å²) < 4.78 is 6.68. The van der Waals surface area contributed by atoms with Crippen LogP contribution in [-0.4, -0.2) is 44.4 Å². The van der Waals surface area contributed by atoms with E-state index in [0.29, 0.717) is 0 Å². The molecule has 1 aliphatic rings. The van der Waals surface area contributed by atoms with E-state index in [1.54, 1.807) is 6.20 Å². The summed E-state index contributed by atoms with van der Waals surface area (Å²) >= 11 is 3.50. The van der Waals surface area contributed by atoms with Crippen molar-refractivity contribution in [3.8, 4) is 0 Å². The first-order chi connectivity index (χ1) is 7.77. The van der Waals surface area contributed by atoms with Crippen LogP contribution in [0.3, 0.4) is 0 Å². The predicted octanol–water partition coefficient (Wildman–Crippen LogP) is 1.27. The van der Waals surface area contributed by atoms with E-state index in [4.69, 9.17) is 4.74 Å². The second-order valence-electron chi connectivity index (χ2n) is 3.89. The summed E-state index contributed by atoms with van der Waals surface area (Å²) in [5.41, 5.74) is 0. The van der Waals surface area contributed by atoms with Crippen molar-refractivity contribution < 1.29 is 4.74 Å². The van der Waals surface area contributed by atoms with E-state index in [0.717, 1.165) is 36.5 Å². The molecule has 1 atom stereocenters. The van der Waals surface area contributed by atoms with Crippen molar-refractivity contribution >= 4 is 21.7 Å². The Bertz CT molecular complexity index is 342. The number of nitrogens with zero attached hydrogens (tertiary/aromatic N) is 2. The molecule has 5 heteroatoms. The average molecular weight is 286 g/mol. The van der Waals surface area contributed by atoms with Gasteiger partial charge in [0.1, 0.15) is 5.82 Å². The number of morpholine rings is 1. The molecule has 2 rings (SSSR count). The minimum atomic E-state index is 0.243. The predicted molar refractivity (Wildman–Crippen MR) is 67.8 cm³/mol. The van der Waals surface area contributed by atoms with Crippen molar-refractivity contribution in [1.29, 1.82) is 0 Å². The van der Waals surface area contributed by atoms with Crippen LogP contribution in [0.1, 0.15) is 0 Å². The van der Waals surface area contributed by atoms with Crippen LogP contribution in [0, 0.1) is 0 Å². The SMILES string of the molecule is CN(CC1CNCCO1)c1ncccc1Br. The lowest BCUT2D eigenvalue weighted by molar-refractivity contribution is 0.0339. The lowest BCUT2D eigenvalue weighted by Crippen LogP contribution is -2.44. The highest BCUT2D eigenvalue weighted by atomic mass is 79.9. The number of likely N-dealkylation sites (N-methyl/N-ethyl adjacent to an activating group) is 1. The Kier molecular flexibility index (Phi) is 4.15. The van der Waals surface area contributed by atoms with Crippen LogP contribution >= 0.6 is 15.9 Å². The summed E-state index contributed by atoms with van der Waals surface area (Å²) in [6.07, 6.45) is 2.05. The minimum absolute atomic E-state index is 0.243. The van der Waals surface area contributed by atoms with Gasteiger partial charge in [-0.25, -0.2) is 4.98 Å². The first-order valence-electron chi connectivity index (χ1n) is 5.41. The lowest BCUT2D eigenvalue weighted by Gasteiger charge is -2.28. The standard InChI is InChI=1S/C11H16BrN3O/c1-15(8-9-7-13-5-6-16-9)11-10(12)3-2-4-14-11/h2-4,9,13H,5-8H2,1H3.